The van der Waals surface area contributed by atoms with Crippen LogP contribution in [0, 0.1) is 0 Å². The van der Waals surface area contributed by atoms with Crippen LogP contribution < -0.4 is 0 Å². The van der Waals surface area contributed by atoms with Gasteiger partial charge < -0.3 is 5.11 Å². The molecular weight excluding hydrogens is 404 g/mol. The SMILES string of the molecule is O=C(O)C(=CBr)C(Br)(Br)Cc1ccccc1. The first-order valence-electron chi connectivity index (χ1n) is 4.43. The van der Waals surface area contributed by atoms with E-state index in [0.717, 1.165) is 5.56 Å². The lowest BCUT2D eigenvalue weighted by Crippen LogP contribution is -2.23. The molecule has 0 aliphatic carbocycles. The predicted octanol–water partition coefficient (Wildman–Crippen LogP) is 4.08. The second-order valence-electron chi connectivity index (χ2n) is 3.19. The summed E-state index contributed by atoms with van der Waals surface area (Å²) in [7, 11) is 0. The van der Waals surface area contributed by atoms with Gasteiger partial charge in [-0.05, 0) is 10.5 Å². The zero-order chi connectivity index (χ0) is 12.2. The molecule has 0 spiro atoms. The largest absolute Gasteiger partial charge is 0.478 e. The summed E-state index contributed by atoms with van der Waals surface area (Å²) in [5, 5.41) is 9.03. The molecule has 2 nitrogen and oxygen atoms in total. The van der Waals surface area contributed by atoms with Gasteiger partial charge in [0.25, 0.3) is 0 Å². The summed E-state index contributed by atoms with van der Waals surface area (Å²) in [6.45, 7) is 0. The van der Waals surface area contributed by atoms with Crippen LogP contribution in [-0.2, 0) is 11.2 Å². The number of rotatable bonds is 4. The molecule has 1 aromatic carbocycles. The Morgan fingerprint density at radius 2 is 1.88 bits per heavy atom. The maximum atomic E-state index is 11.0. The first-order valence-corrected chi connectivity index (χ1v) is 6.93. The van der Waals surface area contributed by atoms with Gasteiger partial charge in [-0.25, -0.2) is 4.79 Å². The zero-order valence-corrected chi connectivity index (χ0v) is 12.9. The van der Waals surface area contributed by atoms with Gasteiger partial charge in [0.1, 0.15) is 3.23 Å². The summed E-state index contributed by atoms with van der Waals surface area (Å²) < 4.78 is -0.767. The molecule has 1 N–H and O–H groups in total. The van der Waals surface area contributed by atoms with Gasteiger partial charge in [-0.3, -0.25) is 0 Å². The Hall–Kier alpha value is -0.130. The Kier molecular flexibility index (Phi) is 5.21. The number of carbonyl (C=O) groups is 1. The van der Waals surface area contributed by atoms with Gasteiger partial charge in [0.15, 0.2) is 0 Å². The number of halogens is 3. The standard InChI is InChI=1S/C11H9Br3O2/c12-7-9(10(15)16)11(13,14)6-8-4-2-1-3-5-8/h1-5,7H,6H2,(H,15,16). The van der Waals surface area contributed by atoms with Crippen molar-refractivity contribution in [2.24, 2.45) is 0 Å². The molecule has 86 valence electrons. The summed E-state index contributed by atoms with van der Waals surface area (Å²) in [4.78, 5) is 12.4. The minimum absolute atomic E-state index is 0.219. The Balaban J connectivity index is 2.91. The molecule has 1 aromatic rings. The highest BCUT2D eigenvalue weighted by Crippen LogP contribution is 2.38. The molecular formula is C11H9Br3O2. The van der Waals surface area contributed by atoms with Crippen molar-refractivity contribution in [2.45, 2.75) is 9.65 Å². The van der Waals surface area contributed by atoms with E-state index >= 15 is 0 Å². The topological polar surface area (TPSA) is 37.3 Å². The average molecular weight is 413 g/mol. The monoisotopic (exact) mass is 410 g/mol. The fourth-order valence-electron chi connectivity index (χ4n) is 1.23. The van der Waals surface area contributed by atoms with Gasteiger partial charge >= 0.3 is 5.97 Å². The van der Waals surface area contributed by atoms with Crippen LogP contribution in [0.1, 0.15) is 5.56 Å². The summed E-state index contributed by atoms with van der Waals surface area (Å²) in [5.74, 6) is -0.971. The van der Waals surface area contributed by atoms with E-state index in [9.17, 15) is 4.79 Å². The van der Waals surface area contributed by atoms with Crippen LogP contribution in [0.15, 0.2) is 40.9 Å². The lowest BCUT2D eigenvalue weighted by atomic mass is 10.1. The molecule has 0 heterocycles. The van der Waals surface area contributed by atoms with E-state index in [4.69, 9.17) is 5.11 Å². The van der Waals surface area contributed by atoms with Crippen LogP contribution in [0.4, 0.5) is 0 Å². The second kappa shape index (κ2) is 5.98. The molecule has 0 aromatic heterocycles. The zero-order valence-electron chi connectivity index (χ0n) is 8.16. The lowest BCUT2D eigenvalue weighted by molar-refractivity contribution is -0.132. The quantitative estimate of drug-likeness (QED) is 0.597. The molecule has 5 heteroatoms. The van der Waals surface area contributed by atoms with E-state index in [2.05, 4.69) is 47.8 Å². The molecule has 0 radical (unpaired) electrons. The third-order valence-corrected chi connectivity index (χ3v) is 3.88. The number of hydrogen-bond acceptors (Lipinski definition) is 1. The van der Waals surface area contributed by atoms with Crippen molar-refractivity contribution in [3.05, 3.63) is 46.5 Å². The lowest BCUT2D eigenvalue weighted by Gasteiger charge is -2.20. The van der Waals surface area contributed by atoms with Gasteiger partial charge in [0.2, 0.25) is 0 Å². The smallest absolute Gasteiger partial charge is 0.334 e. The highest BCUT2D eigenvalue weighted by Gasteiger charge is 2.32. The maximum Gasteiger partial charge on any atom is 0.334 e. The molecule has 0 saturated carbocycles. The van der Waals surface area contributed by atoms with Crippen molar-refractivity contribution in [3.63, 3.8) is 0 Å². The van der Waals surface area contributed by atoms with Crippen LogP contribution >= 0.6 is 47.8 Å². The minimum atomic E-state index is -0.971. The molecule has 0 fully saturated rings. The third-order valence-electron chi connectivity index (χ3n) is 2.00. The van der Waals surface area contributed by atoms with Crippen molar-refractivity contribution in [2.75, 3.05) is 0 Å². The van der Waals surface area contributed by atoms with Gasteiger partial charge in [0.05, 0.1) is 5.57 Å². The van der Waals surface area contributed by atoms with E-state index in [-0.39, 0.29) is 5.57 Å². The van der Waals surface area contributed by atoms with E-state index in [1.165, 1.54) is 4.99 Å². The average Bonchev–Trinajstić information content (AvgIpc) is 2.18. The normalized spacial score (nSPS) is 12.6. The van der Waals surface area contributed by atoms with Gasteiger partial charge in [-0.1, -0.05) is 78.1 Å². The second-order valence-corrected chi connectivity index (χ2v) is 7.42. The Morgan fingerprint density at radius 1 is 1.31 bits per heavy atom. The number of aliphatic carboxylic acids is 1. The van der Waals surface area contributed by atoms with Gasteiger partial charge in [-0.2, -0.15) is 0 Å². The Labute approximate surface area is 119 Å². The summed E-state index contributed by atoms with van der Waals surface area (Å²) >= 11 is 9.83. The van der Waals surface area contributed by atoms with Crippen molar-refractivity contribution >= 4 is 53.8 Å². The summed E-state index contributed by atoms with van der Waals surface area (Å²) in [6, 6.07) is 9.66. The van der Waals surface area contributed by atoms with E-state index in [1.807, 2.05) is 30.3 Å². The minimum Gasteiger partial charge on any atom is -0.478 e. The molecule has 0 aliphatic heterocycles. The molecule has 0 amide bonds. The van der Waals surface area contributed by atoms with Crippen molar-refractivity contribution in [1.29, 1.82) is 0 Å². The van der Waals surface area contributed by atoms with Crippen LogP contribution in [0.2, 0.25) is 0 Å². The van der Waals surface area contributed by atoms with Crippen LogP contribution in [0.5, 0.6) is 0 Å². The van der Waals surface area contributed by atoms with E-state index < -0.39 is 9.20 Å². The molecule has 0 bridgehead atoms. The first kappa shape index (κ1) is 13.9. The molecule has 0 atom stereocenters. The Bertz CT molecular complexity index is 399. The highest BCUT2D eigenvalue weighted by molar-refractivity contribution is 9.25. The van der Waals surface area contributed by atoms with Crippen LogP contribution in [0.3, 0.4) is 0 Å². The molecule has 0 unspecified atom stereocenters. The van der Waals surface area contributed by atoms with E-state index in [0.29, 0.717) is 6.42 Å². The number of alkyl halides is 2. The van der Waals surface area contributed by atoms with Crippen molar-refractivity contribution in [1.82, 2.24) is 0 Å². The molecule has 0 saturated heterocycles. The Morgan fingerprint density at radius 3 is 2.31 bits per heavy atom. The molecule has 16 heavy (non-hydrogen) atoms. The van der Waals surface area contributed by atoms with Crippen molar-refractivity contribution in [3.8, 4) is 0 Å². The summed E-state index contributed by atoms with van der Waals surface area (Å²) in [6.07, 6.45) is 0.539. The molecule has 0 aliphatic rings. The number of benzene rings is 1. The van der Waals surface area contributed by atoms with Crippen molar-refractivity contribution < 1.29 is 9.90 Å². The van der Waals surface area contributed by atoms with Crippen LogP contribution in [-0.4, -0.2) is 14.3 Å². The van der Waals surface area contributed by atoms with Gasteiger partial charge in [0, 0.05) is 6.42 Å². The third kappa shape index (κ3) is 3.71. The number of hydrogen-bond donors (Lipinski definition) is 1. The van der Waals surface area contributed by atoms with E-state index in [1.54, 1.807) is 0 Å². The first-order chi connectivity index (χ1) is 7.47. The maximum absolute atomic E-state index is 11.0. The predicted molar refractivity (Wildman–Crippen MR) is 75.4 cm³/mol. The van der Waals surface area contributed by atoms with Gasteiger partial charge in [-0.15, -0.1) is 0 Å². The number of carboxylic acid groups (broad SMARTS) is 1. The fourth-order valence-corrected chi connectivity index (χ4v) is 3.65. The molecule has 1 rings (SSSR count). The summed E-state index contributed by atoms with van der Waals surface area (Å²) in [5.41, 5.74) is 1.26. The van der Waals surface area contributed by atoms with Crippen LogP contribution in [0.25, 0.3) is 0 Å². The highest BCUT2D eigenvalue weighted by atomic mass is 79.9. The number of carboxylic acids is 1. The fraction of sp³-hybridized carbons (Fsp3) is 0.182.